The maximum atomic E-state index is 13.6. The molecule has 92 valence electrons. The predicted octanol–water partition coefficient (Wildman–Crippen LogP) is 3.23. The summed E-state index contributed by atoms with van der Waals surface area (Å²) in [6.07, 6.45) is 3.10. The van der Waals surface area contributed by atoms with Crippen LogP contribution in [0.3, 0.4) is 0 Å². The van der Waals surface area contributed by atoms with E-state index in [-0.39, 0.29) is 11.4 Å². The number of ether oxygens (including phenoxy) is 1. The van der Waals surface area contributed by atoms with Crippen LogP contribution in [0.25, 0.3) is 0 Å². The molecule has 0 saturated heterocycles. The van der Waals surface area contributed by atoms with Crippen molar-refractivity contribution in [3.8, 4) is 11.5 Å². The van der Waals surface area contributed by atoms with Gasteiger partial charge in [-0.2, -0.15) is 0 Å². The normalized spacial score (nSPS) is 10.1. The molecule has 1 aromatic heterocycles. The molecule has 2 rings (SSSR count). The van der Waals surface area contributed by atoms with E-state index in [1.165, 1.54) is 18.3 Å². The fourth-order valence-electron chi connectivity index (χ4n) is 1.38. The maximum Gasteiger partial charge on any atom is 0.272 e. The van der Waals surface area contributed by atoms with E-state index in [0.717, 1.165) is 11.6 Å². The Bertz CT molecular complexity index is 602. The molecule has 0 N–H and O–H groups in total. The molecule has 0 aliphatic rings. The summed E-state index contributed by atoms with van der Waals surface area (Å²) in [5.41, 5.74) is 0.432. The van der Waals surface area contributed by atoms with Gasteiger partial charge in [-0.05, 0) is 19.1 Å². The molecule has 0 saturated carbocycles. The molecule has 0 spiro atoms. The number of aryl methyl sites for hydroxylation is 1. The molecule has 0 bridgehead atoms. The molecule has 0 radical (unpaired) electrons. The van der Waals surface area contributed by atoms with Gasteiger partial charge in [-0.3, -0.25) is 15.1 Å². The van der Waals surface area contributed by atoms with Crippen molar-refractivity contribution in [3.63, 3.8) is 0 Å². The molecule has 0 atom stereocenters. The lowest BCUT2D eigenvalue weighted by molar-refractivity contribution is -0.385. The largest absolute Gasteiger partial charge is 0.454 e. The van der Waals surface area contributed by atoms with Crippen molar-refractivity contribution >= 4 is 5.69 Å². The van der Waals surface area contributed by atoms with Gasteiger partial charge in [0.25, 0.3) is 5.69 Å². The number of hydrogen-bond acceptors (Lipinski definition) is 4. The molecule has 0 amide bonds. The second-order valence-corrected chi connectivity index (χ2v) is 3.62. The van der Waals surface area contributed by atoms with E-state index in [1.54, 1.807) is 19.2 Å². The third-order valence-corrected chi connectivity index (χ3v) is 2.32. The molecule has 1 aromatic carbocycles. The minimum absolute atomic E-state index is 0.0603. The molecule has 0 unspecified atom stereocenters. The molecular formula is C12H9FN2O3. The highest BCUT2D eigenvalue weighted by Gasteiger charge is 2.12. The summed E-state index contributed by atoms with van der Waals surface area (Å²) in [5, 5.41) is 10.5. The number of nitro groups is 1. The summed E-state index contributed by atoms with van der Waals surface area (Å²) in [5.74, 6) is -0.381. The molecule has 5 nitrogen and oxygen atoms in total. The van der Waals surface area contributed by atoms with Crippen molar-refractivity contribution in [2.24, 2.45) is 0 Å². The zero-order valence-corrected chi connectivity index (χ0v) is 9.46. The molecule has 6 heteroatoms. The quantitative estimate of drug-likeness (QED) is 0.617. The smallest absolute Gasteiger partial charge is 0.272 e. The monoisotopic (exact) mass is 248 g/mol. The number of pyridine rings is 1. The lowest BCUT2D eigenvalue weighted by Crippen LogP contribution is -1.93. The van der Waals surface area contributed by atoms with E-state index >= 15 is 0 Å². The first-order valence-electron chi connectivity index (χ1n) is 5.10. The summed E-state index contributed by atoms with van der Waals surface area (Å²) < 4.78 is 18.9. The predicted molar refractivity (Wildman–Crippen MR) is 62.1 cm³/mol. The highest BCUT2D eigenvalue weighted by Crippen LogP contribution is 2.28. The number of hydrogen-bond donors (Lipinski definition) is 0. The molecule has 18 heavy (non-hydrogen) atoms. The second-order valence-electron chi connectivity index (χ2n) is 3.62. The van der Waals surface area contributed by atoms with Gasteiger partial charge in [0, 0.05) is 24.0 Å². The number of non-ortho nitro benzene ring substituents is 1. The average Bonchev–Trinajstić information content (AvgIpc) is 2.34. The van der Waals surface area contributed by atoms with Crippen molar-refractivity contribution in [1.82, 2.24) is 4.98 Å². The molecule has 0 aliphatic carbocycles. The van der Waals surface area contributed by atoms with Crippen LogP contribution in [-0.4, -0.2) is 9.91 Å². The van der Waals surface area contributed by atoms with Crippen LogP contribution in [0.4, 0.5) is 10.1 Å². The van der Waals surface area contributed by atoms with Crippen LogP contribution in [0.5, 0.6) is 11.5 Å². The van der Waals surface area contributed by atoms with Crippen molar-refractivity contribution in [1.29, 1.82) is 0 Å². The Kier molecular flexibility index (Phi) is 3.18. The lowest BCUT2D eigenvalue weighted by Gasteiger charge is -2.08. The first kappa shape index (κ1) is 12.0. The van der Waals surface area contributed by atoms with E-state index in [0.29, 0.717) is 5.75 Å². The molecule has 0 aliphatic heterocycles. The molecular weight excluding hydrogens is 239 g/mol. The van der Waals surface area contributed by atoms with Crippen molar-refractivity contribution in [2.75, 3.05) is 0 Å². The summed E-state index contributed by atoms with van der Waals surface area (Å²) in [7, 11) is 0. The average molecular weight is 248 g/mol. The fraction of sp³-hybridized carbons (Fsp3) is 0.0833. The second kappa shape index (κ2) is 4.79. The van der Waals surface area contributed by atoms with Gasteiger partial charge in [-0.15, -0.1) is 0 Å². The topological polar surface area (TPSA) is 65.3 Å². The number of halogens is 1. The van der Waals surface area contributed by atoms with Crippen molar-refractivity contribution in [3.05, 3.63) is 58.2 Å². The Hall–Kier alpha value is -2.50. The van der Waals surface area contributed by atoms with Gasteiger partial charge < -0.3 is 4.74 Å². The Balaban J connectivity index is 2.30. The van der Waals surface area contributed by atoms with E-state index in [1.807, 2.05) is 0 Å². The van der Waals surface area contributed by atoms with E-state index in [2.05, 4.69) is 4.98 Å². The minimum Gasteiger partial charge on any atom is -0.454 e. The first-order chi connectivity index (χ1) is 8.58. The van der Waals surface area contributed by atoms with Gasteiger partial charge in [-0.25, -0.2) is 4.39 Å². The van der Waals surface area contributed by atoms with Gasteiger partial charge in [0.15, 0.2) is 11.6 Å². The van der Waals surface area contributed by atoms with Gasteiger partial charge in [0.2, 0.25) is 0 Å². The third-order valence-electron chi connectivity index (χ3n) is 2.32. The SMILES string of the molecule is Cc1cnccc1Oc1ccc([N+](=O)[O-])cc1F. The van der Waals surface area contributed by atoms with Gasteiger partial charge in [-0.1, -0.05) is 0 Å². The summed E-state index contributed by atoms with van der Waals surface area (Å²) in [6, 6.07) is 4.84. The summed E-state index contributed by atoms with van der Waals surface area (Å²) in [6.45, 7) is 1.77. The van der Waals surface area contributed by atoms with Crippen LogP contribution in [0, 0.1) is 22.9 Å². The van der Waals surface area contributed by atoms with E-state index in [9.17, 15) is 14.5 Å². The van der Waals surface area contributed by atoms with Crippen LogP contribution >= 0.6 is 0 Å². The van der Waals surface area contributed by atoms with Crippen LogP contribution in [0.2, 0.25) is 0 Å². The summed E-state index contributed by atoms with van der Waals surface area (Å²) >= 11 is 0. The molecule has 2 aromatic rings. The highest BCUT2D eigenvalue weighted by atomic mass is 19.1. The Morgan fingerprint density at radius 2 is 2.11 bits per heavy atom. The van der Waals surface area contributed by atoms with E-state index < -0.39 is 10.7 Å². The summed E-state index contributed by atoms with van der Waals surface area (Å²) in [4.78, 5) is 13.7. The van der Waals surface area contributed by atoms with Crippen LogP contribution < -0.4 is 4.74 Å². The minimum atomic E-state index is -0.777. The third kappa shape index (κ3) is 2.42. The Morgan fingerprint density at radius 1 is 1.33 bits per heavy atom. The molecule has 1 heterocycles. The number of nitro benzene ring substituents is 1. The first-order valence-corrected chi connectivity index (χ1v) is 5.10. The van der Waals surface area contributed by atoms with Crippen molar-refractivity contribution < 1.29 is 14.1 Å². The highest BCUT2D eigenvalue weighted by molar-refractivity contribution is 5.41. The van der Waals surface area contributed by atoms with Gasteiger partial charge in [0.05, 0.1) is 11.0 Å². The van der Waals surface area contributed by atoms with Crippen molar-refractivity contribution in [2.45, 2.75) is 6.92 Å². The van der Waals surface area contributed by atoms with Crippen LogP contribution in [0.15, 0.2) is 36.7 Å². The zero-order valence-electron chi connectivity index (χ0n) is 9.46. The number of rotatable bonds is 3. The van der Waals surface area contributed by atoms with Gasteiger partial charge >= 0.3 is 0 Å². The fourth-order valence-corrected chi connectivity index (χ4v) is 1.38. The zero-order chi connectivity index (χ0) is 13.1. The van der Waals surface area contributed by atoms with Crippen LogP contribution in [-0.2, 0) is 0 Å². The lowest BCUT2D eigenvalue weighted by atomic mass is 10.2. The maximum absolute atomic E-state index is 13.6. The Labute approximate surface area is 102 Å². The Morgan fingerprint density at radius 3 is 2.72 bits per heavy atom. The number of benzene rings is 1. The van der Waals surface area contributed by atoms with Gasteiger partial charge in [0.1, 0.15) is 5.75 Å². The van der Waals surface area contributed by atoms with E-state index in [4.69, 9.17) is 4.74 Å². The number of aromatic nitrogens is 1. The number of nitrogens with zero attached hydrogens (tertiary/aromatic N) is 2. The standard InChI is InChI=1S/C12H9FN2O3/c1-8-7-14-5-4-11(8)18-12-3-2-9(15(16)17)6-10(12)13/h2-7H,1H3. The van der Waals surface area contributed by atoms with Crippen LogP contribution in [0.1, 0.15) is 5.56 Å². The molecule has 0 fully saturated rings.